The molecule has 6 nitrogen and oxygen atoms in total. The Morgan fingerprint density at radius 3 is 2.49 bits per heavy atom. The Bertz CT molecular complexity index is 1310. The largest absolute Gasteiger partial charge is 0.435 e. The van der Waals surface area contributed by atoms with E-state index in [0.717, 1.165) is 31.6 Å². The van der Waals surface area contributed by atoms with Crippen LogP contribution >= 0.6 is 0 Å². The topological polar surface area (TPSA) is 55.6 Å². The molecule has 4 heterocycles. The van der Waals surface area contributed by atoms with Gasteiger partial charge in [0.05, 0.1) is 5.69 Å². The SMILES string of the molecule is Cc1nc2cc(F)c(-c3cnc(N4CCCCC4)nc3)cn2c1Cc1ccccc1OC(F)F.[Na]. The van der Waals surface area contributed by atoms with Crippen molar-refractivity contribution < 1.29 is 17.9 Å². The molecule has 1 aliphatic rings. The number of anilines is 1. The molecule has 0 amide bonds. The summed E-state index contributed by atoms with van der Waals surface area (Å²) in [7, 11) is 0. The minimum atomic E-state index is -2.92. The summed E-state index contributed by atoms with van der Waals surface area (Å²) in [5, 5.41) is 0. The monoisotopic (exact) mass is 490 g/mol. The normalized spacial score (nSPS) is 13.8. The molecule has 1 saturated heterocycles. The van der Waals surface area contributed by atoms with Crippen molar-refractivity contribution >= 4 is 41.2 Å². The predicted molar refractivity (Wildman–Crippen MR) is 129 cm³/mol. The number of benzene rings is 1. The Kier molecular flexibility index (Phi) is 7.98. The first kappa shape index (κ1) is 25.5. The number of nitrogens with zero attached hydrogens (tertiary/aromatic N) is 5. The maximum atomic E-state index is 15.0. The minimum absolute atomic E-state index is 0. The van der Waals surface area contributed by atoms with Crippen molar-refractivity contribution in [1.29, 1.82) is 0 Å². The van der Waals surface area contributed by atoms with Crippen LogP contribution in [0.2, 0.25) is 0 Å². The average Bonchev–Trinajstić information content (AvgIpc) is 3.14. The first-order chi connectivity index (χ1) is 16.5. The van der Waals surface area contributed by atoms with Crippen LogP contribution in [-0.2, 0) is 6.42 Å². The van der Waals surface area contributed by atoms with E-state index in [2.05, 4.69) is 24.6 Å². The molecule has 0 saturated carbocycles. The van der Waals surface area contributed by atoms with Gasteiger partial charge in [0.2, 0.25) is 5.95 Å². The third kappa shape index (κ3) is 5.47. The van der Waals surface area contributed by atoms with Crippen molar-refractivity contribution in [3.8, 4) is 16.9 Å². The first-order valence-corrected chi connectivity index (χ1v) is 11.3. The number of piperidine rings is 1. The van der Waals surface area contributed by atoms with Crippen molar-refractivity contribution in [1.82, 2.24) is 19.4 Å². The van der Waals surface area contributed by atoms with Gasteiger partial charge in [-0.3, -0.25) is 0 Å². The quantitative estimate of drug-likeness (QED) is 0.355. The predicted octanol–water partition coefficient (Wildman–Crippen LogP) is 5.04. The zero-order valence-corrected chi connectivity index (χ0v) is 21.7. The van der Waals surface area contributed by atoms with Gasteiger partial charge in [-0.25, -0.2) is 19.3 Å². The molecule has 5 rings (SSSR count). The van der Waals surface area contributed by atoms with Crippen LogP contribution in [0.25, 0.3) is 16.8 Å². The number of alkyl halides is 2. The maximum Gasteiger partial charge on any atom is 0.387 e. The van der Waals surface area contributed by atoms with Crippen LogP contribution in [0, 0.1) is 12.7 Å². The summed E-state index contributed by atoms with van der Waals surface area (Å²) in [6, 6.07) is 8.01. The van der Waals surface area contributed by atoms with E-state index >= 15 is 4.39 Å². The second-order valence-corrected chi connectivity index (χ2v) is 8.39. The fourth-order valence-corrected chi connectivity index (χ4v) is 4.41. The number of para-hydroxylation sites is 1. The Hall–Kier alpha value is -2.62. The number of rotatable bonds is 6. The van der Waals surface area contributed by atoms with Gasteiger partial charge in [-0.2, -0.15) is 8.78 Å². The molecule has 1 aromatic carbocycles. The summed E-state index contributed by atoms with van der Waals surface area (Å²) in [5.41, 5.74) is 3.36. The molecule has 10 heteroatoms. The molecular weight excluding hydrogens is 466 g/mol. The van der Waals surface area contributed by atoms with Gasteiger partial charge in [0.1, 0.15) is 17.2 Å². The summed E-state index contributed by atoms with van der Waals surface area (Å²) >= 11 is 0. The van der Waals surface area contributed by atoms with E-state index in [1.165, 1.54) is 18.6 Å². The number of halogens is 3. The third-order valence-corrected chi connectivity index (χ3v) is 6.14. The molecule has 1 radical (unpaired) electrons. The van der Waals surface area contributed by atoms with Gasteiger partial charge in [-0.05, 0) is 32.3 Å². The van der Waals surface area contributed by atoms with E-state index in [1.54, 1.807) is 41.2 Å². The van der Waals surface area contributed by atoms with Crippen molar-refractivity contribution in [2.75, 3.05) is 18.0 Å². The van der Waals surface area contributed by atoms with Crippen LogP contribution in [0.15, 0.2) is 48.9 Å². The van der Waals surface area contributed by atoms with Gasteiger partial charge in [-0.1, -0.05) is 18.2 Å². The molecule has 177 valence electrons. The summed E-state index contributed by atoms with van der Waals surface area (Å²) in [4.78, 5) is 15.5. The molecule has 0 unspecified atom stereocenters. The van der Waals surface area contributed by atoms with Gasteiger partial charge in [0.15, 0.2) is 0 Å². The van der Waals surface area contributed by atoms with Crippen LogP contribution in [0.5, 0.6) is 5.75 Å². The summed E-state index contributed by atoms with van der Waals surface area (Å²) in [6.45, 7) is 0.743. The number of pyridine rings is 1. The molecule has 1 aliphatic heterocycles. The van der Waals surface area contributed by atoms with Gasteiger partial charge >= 0.3 is 6.61 Å². The molecular formula is C25H24F3N5NaO. The summed E-state index contributed by atoms with van der Waals surface area (Å²) < 4.78 is 47.2. The molecule has 0 N–H and O–H groups in total. The van der Waals surface area contributed by atoms with Gasteiger partial charge in [-0.15, -0.1) is 0 Å². The molecule has 0 bridgehead atoms. The summed E-state index contributed by atoms with van der Waals surface area (Å²) in [5.74, 6) is 0.329. The average molecular weight is 490 g/mol. The minimum Gasteiger partial charge on any atom is -0.435 e. The number of hydrogen-bond donors (Lipinski definition) is 0. The smallest absolute Gasteiger partial charge is 0.387 e. The Morgan fingerprint density at radius 2 is 1.77 bits per heavy atom. The number of aryl methyl sites for hydroxylation is 1. The number of aromatic nitrogens is 4. The standard InChI is InChI=1S/C25H24F3N5O.Na/c1-16-21(11-17-7-3-4-8-22(17)34-24(27)28)33-15-19(20(26)12-23(33)31-16)18-13-29-25(30-14-18)32-9-5-2-6-10-32;/h3-4,7-8,12-15,24H,2,5-6,9-11H2,1H3;. The number of imidazole rings is 1. The van der Waals surface area contributed by atoms with E-state index in [0.29, 0.717) is 40.4 Å². The second kappa shape index (κ2) is 11.0. The van der Waals surface area contributed by atoms with Crippen LogP contribution < -0.4 is 9.64 Å². The Balaban J connectivity index is 0.00000289. The Labute approximate surface area is 223 Å². The second-order valence-electron chi connectivity index (χ2n) is 8.39. The van der Waals surface area contributed by atoms with Gasteiger partial charge < -0.3 is 14.0 Å². The fourth-order valence-electron chi connectivity index (χ4n) is 4.41. The fraction of sp³-hybridized carbons (Fsp3) is 0.320. The van der Waals surface area contributed by atoms with E-state index in [-0.39, 0.29) is 35.3 Å². The van der Waals surface area contributed by atoms with Crippen LogP contribution in [0.4, 0.5) is 19.1 Å². The molecule has 35 heavy (non-hydrogen) atoms. The van der Waals surface area contributed by atoms with E-state index in [9.17, 15) is 8.78 Å². The molecule has 0 spiro atoms. The summed E-state index contributed by atoms with van der Waals surface area (Å²) in [6.07, 6.45) is 8.68. The van der Waals surface area contributed by atoms with E-state index < -0.39 is 12.4 Å². The molecule has 1 fully saturated rings. The van der Waals surface area contributed by atoms with E-state index in [1.807, 2.05) is 6.92 Å². The van der Waals surface area contributed by atoms with Crippen LogP contribution in [0.1, 0.15) is 36.2 Å². The van der Waals surface area contributed by atoms with Crippen LogP contribution in [0.3, 0.4) is 0 Å². The van der Waals surface area contributed by atoms with E-state index in [4.69, 9.17) is 0 Å². The molecule has 0 atom stereocenters. The van der Waals surface area contributed by atoms with Gasteiger partial charge in [0, 0.05) is 96.1 Å². The zero-order chi connectivity index (χ0) is 23.7. The number of ether oxygens (including phenoxy) is 1. The molecule has 3 aromatic heterocycles. The molecule has 4 aromatic rings. The maximum absolute atomic E-state index is 15.0. The third-order valence-electron chi connectivity index (χ3n) is 6.14. The zero-order valence-electron chi connectivity index (χ0n) is 19.7. The van der Waals surface area contributed by atoms with Crippen molar-refractivity contribution in [3.05, 3.63) is 71.7 Å². The Morgan fingerprint density at radius 1 is 1.06 bits per heavy atom. The van der Waals surface area contributed by atoms with Crippen molar-refractivity contribution in [2.45, 2.75) is 39.2 Å². The van der Waals surface area contributed by atoms with Crippen molar-refractivity contribution in [3.63, 3.8) is 0 Å². The molecule has 0 aliphatic carbocycles. The number of hydrogen-bond acceptors (Lipinski definition) is 5. The van der Waals surface area contributed by atoms with Gasteiger partial charge in [0.25, 0.3) is 0 Å². The number of fused-ring (bicyclic) bond motifs is 1. The van der Waals surface area contributed by atoms with Crippen LogP contribution in [-0.4, -0.2) is 68.6 Å². The van der Waals surface area contributed by atoms with Crippen molar-refractivity contribution in [2.24, 2.45) is 0 Å². The first-order valence-electron chi connectivity index (χ1n) is 11.3.